The number of aromatic nitrogens is 4. The zero-order chi connectivity index (χ0) is 27.5. The lowest BCUT2D eigenvalue weighted by atomic mass is 9.98. The van der Waals surface area contributed by atoms with Crippen LogP contribution in [-0.2, 0) is 0 Å². The minimum Gasteiger partial charge on any atom is -0.481 e. The number of pyridine rings is 2. The summed E-state index contributed by atoms with van der Waals surface area (Å²) < 4.78 is 6.99. The molecule has 5 rings (SSSR count). The lowest BCUT2D eigenvalue weighted by Gasteiger charge is -2.26. The molecule has 3 N–H and O–H groups in total. The second-order valence-corrected chi connectivity index (χ2v) is 9.44. The van der Waals surface area contributed by atoms with Gasteiger partial charge in [0.05, 0.1) is 23.9 Å². The molecule has 194 valence electrons. The number of nitrogens with one attached hydrogen (secondary N) is 1. The summed E-state index contributed by atoms with van der Waals surface area (Å²) in [6.07, 6.45) is 3.03. The van der Waals surface area contributed by atoms with Crippen molar-refractivity contribution in [3.8, 4) is 28.8 Å². The van der Waals surface area contributed by atoms with Crippen LogP contribution in [0.15, 0.2) is 83.9 Å². The molecule has 0 aliphatic rings. The lowest BCUT2D eigenvalue weighted by Crippen LogP contribution is -2.29. The van der Waals surface area contributed by atoms with Gasteiger partial charge in [-0.2, -0.15) is 22.9 Å². The average molecular weight is 536 g/mol. The van der Waals surface area contributed by atoms with Gasteiger partial charge in [-0.25, -0.2) is 9.97 Å². The average Bonchev–Trinajstić information content (AvgIpc) is 2.97. The molecule has 2 unspecified atom stereocenters. The minimum atomic E-state index is -0.477. The second kappa shape index (κ2) is 10.8. The van der Waals surface area contributed by atoms with Gasteiger partial charge in [0.15, 0.2) is 0 Å². The van der Waals surface area contributed by atoms with E-state index >= 15 is 0 Å². The first-order valence-electron chi connectivity index (χ1n) is 12.1. The molecule has 5 aromatic rings. The highest BCUT2D eigenvalue weighted by atomic mass is 32.1. The number of nitrogens with two attached hydrogens (primary N) is 1. The first-order chi connectivity index (χ1) is 18.9. The molecule has 2 atom stereocenters. The normalized spacial score (nSPS) is 12.5. The summed E-state index contributed by atoms with van der Waals surface area (Å²) in [5, 5.41) is 13.6. The highest BCUT2D eigenvalue weighted by Crippen LogP contribution is 2.33. The summed E-state index contributed by atoms with van der Waals surface area (Å²) in [4.78, 5) is 26.6. The Morgan fingerprint density at radius 1 is 1.10 bits per heavy atom. The zero-order valence-electron chi connectivity index (χ0n) is 21.2. The van der Waals surface area contributed by atoms with Crippen LogP contribution in [0.5, 0.6) is 5.88 Å². The number of hydrogen-bond donors (Lipinski definition) is 3. The van der Waals surface area contributed by atoms with Crippen molar-refractivity contribution >= 4 is 35.2 Å². The summed E-state index contributed by atoms with van der Waals surface area (Å²) in [7, 11) is 1.56. The van der Waals surface area contributed by atoms with Gasteiger partial charge in [0.2, 0.25) is 11.8 Å². The topological polar surface area (TPSA) is 132 Å². The standard InChI is InChI=1S/C29H25N7O2S/c1-17(34-27-20(15-30)16-33-29(31)35-27)26(39)23-13-19-7-6-10-22(18-11-12-32-24(14-18)38-2)25(19)28(37)36(23)21-8-4-3-5-9-21/h3-14,16-17,26,39H,1-2H3,(H3,31,33,34,35). The van der Waals surface area contributed by atoms with Crippen LogP contribution in [0, 0.1) is 11.3 Å². The number of nitrogens with zero attached hydrogens (tertiary/aromatic N) is 5. The van der Waals surface area contributed by atoms with Crippen LogP contribution in [0.3, 0.4) is 0 Å². The highest BCUT2D eigenvalue weighted by Gasteiger charge is 2.24. The smallest absolute Gasteiger partial charge is 0.263 e. The molecular formula is C29H25N7O2S. The van der Waals surface area contributed by atoms with E-state index in [2.05, 4.69) is 26.3 Å². The molecule has 0 amide bonds. The highest BCUT2D eigenvalue weighted by molar-refractivity contribution is 7.80. The van der Waals surface area contributed by atoms with Crippen molar-refractivity contribution in [3.05, 3.63) is 101 Å². The third-order valence-corrected chi connectivity index (χ3v) is 7.13. The van der Waals surface area contributed by atoms with Crippen molar-refractivity contribution in [2.75, 3.05) is 18.2 Å². The van der Waals surface area contributed by atoms with Crippen molar-refractivity contribution in [2.24, 2.45) is 0 Å². The van der Waals surface area contributed by atoms with Gasteiger partial charge < -0.3 is 15.8 Å². The molecule has 0 spiro atoms. The fourth-order valence-electron chi connectivity index (χ4n) is 4.51. The molecule has 9 nitrogen and oxygen atoms in total. The maximum absolute atomic E-state index is 14.3. The number of rotatable bonds is 7. The minimum absolute atomic E-state index is 0.0478. The Hall–Kier alpha value is -4.88. The number of fused-ring (bicyclic) bond motifs is 1. The van der Waals surface area contributed by atoms with E-state index in [1.807, 2.05) is 73.7 Å². The van der Waals surface area contributed by atoms with Crippen LogP contribution in [-0.4, -0.2) is 32.7 Å². The van der Waals surface area contributed by atoms with Crippen LogP contribution >= 0.6 is 12.6 Å². The zero-order valence-corrected chi connectivity index (χ0v) is 22.1. The van der Waals surface area contributed by atoms with Gasteiger partial charge in [-0.3, -0.25) is 9.36 Å². The predicted octanol–water partition coefficient (Wildman–Crippen LogP) is 4.78. The quantitative estimate of drug-likeness (QED) is 0.254. The van der Waals surface area contributed by atoms with Gasteiger partial charge in [0, 0.05) is 29.7 Å². The van der Waals surface area contributed by atoms with Crippen LogP contribution in [0.2, 0.25) is 0 Å². The molecule has 3 heterocycles. The Labute approximate surface area is 230 Å². The van der Waals surface area contributed by atoms with E-state index < -0.39 is 5.25 Å². The third-order valence-electron chi connectivity index (χ3n) is 6.41. The molecule has 3 aromatic heterocycles. The molecule has 0 bridgehead atoms. The summed E-state index contributed by atoms with van der Waals surface area (Å²) in [5.41, 5.74) is 8.80. The number of methoxy groups -OCH3 is 1. The molecule has 0 fully saturated rings. The number of nitriles is 1. The number of hydrogen-bond acceptors (Lipinski definition) is 9. The molecule has 0 radical (unpaired) electrons. The van der Waals surface area contributed by atoms with Gasteiger partial charge in [0.1, 0.15) is 17.5 Å². The number of ether oxygens (including phenoxy) is 1. The van der Waals surface area contributed by atoms with Gasteiger partial charge in [0.25, 0.3) is 5.56 Å². The van der Waals surface area contributed by atoms with Crippen molar-refractivity contribution in [3.63, 3.8) is 0 Å². The molecule has 10 heteroatoms. The third kappa shape index (κ3) is 5.00. The second-order valence-electron chi connectivity index (χ2n) is 8.88. The number of nitrogen functional groups attached to an aromatic ring is 1. The molecule has 0 saturated heterocycles. The summed E-state index contributed by atoms with van der Waals surface area (Å²) >= 11 is 4.94. The lowest BCUT2D eigenvalue weighted by molar-refractivity contribution is 0.398. The van der Waals surface area contributed by atoms with E-state index in [1.54, 1.807) is 17.9 Å². The number of para-hydroxylation sites is 1. The Balaban J connectivity index is 1.69. The Morgan fingerprint density at radius 3 is 2.64 bits per heavy atom. The van der Waals surface area contributed by atoms with E-state index in [0.717, 1.165) is 16.5 Å². The van der Waals surface area contributed by atoms with Crippen LogP contribution < -0.4 is 21.3 Å². The number of anilines is 2. The van der Waals surface area contributed by atoms with Gasteiger partial charge in [-0.05, 0) is 47.7 Å². The van der Waals surface area contributed by atoms with E-state index in [9.17, 15) is 10.1 Å². The van der Waals surface area contributed by atoms with Crippen LogP contribution in [0.1, 0.15) is 23.4 Å². The molecule has 0 aliphatic heterocycles. The van der Waals surface area contributed by atoms with Crippen LogP contribution in [0.4, 0.5) is 11.8 Å². The monoisotopic (exact) mass is 535 g/mol. The fraction of sp³-hybridized carbons (Fsp3) is 0.138. The predicted molar refractivity (Wildman–Crippen MR) is 155 cm³/mol. The van der Waals surface area contributed by atoms with Gasteiger partial charge in [-0.15, -0.1) is 0 Å². The van der Waals surface area contributed by atoms with E-state index in [4.69, 9.17) is 23.1 Å². The van der Waals surface area contributed by atoms with E-state index in [1.165, 1.54) is 6.20 Å². The van der Waals surface area contributed by atoms with Crippen molar-refractivity contribution in [1.29, 1.82) is 5.26 Å². The summed E-state index contributed by atoms with van der Waals surface area (Å²) in [6.45, 7) is 1.90. The Morgan fingerprint density at radius 2 is 1.90 bits per heavy atom. The van der Waals surface area contributed by atoms with Crippen LogP contribution in [0.25, 0.3) is 27.6 Å². The molecule has 39 heavy (non-hydrogen) atoms. The largest absolute Gasteiger partial charge is 0.481 e. The Kier molecular flexibility index (Phi) is 7.17. The maximum Gasteiger partial charge on any atom is 0.263 e. The first kappa shape index (κ1) is 25.8. The fourth-order valence-corrected chi connectivity index (χ4v) is 4.77. The first-order valence-corrected chi connectivity index (χ1v) is 12.6. The SMILES string of the molecule is COc1cc(-c2cccc3cc(C(S)C(C)Nc4nc(N)ncc4C#N)n(-c4ccccc4)c(=O)c23)ccn1. The Bertz CT molecular complexity index is 1770. The van der Waals surface area contributed by atoms with Gasteiger partial charge in [-0.1, -0.05) is 36.4 Å². The van der Waals surface area contributed by atoms with Crippen molar-refractivity contribution < 1.29 is 4.74 Å². The van der Waals surface area contributed by atoms with Crippen molar-refractivity contribution in [2.45, 2.75) is 18.2 Å². The molecular weight excluding hydrogens is 510 g/mol. The number of benzene rings is 2. The van der Waals surface area contributed by atoms with Gasteiger partial charge >= 0.3 is 0 Å². The van der Waals surface area contributed by atoms with Crippen molar-refractivity contribution in [1.82, 2.24) is 19.5 Å². The molecule has 0 aliphatic carbocycles. The summed E-state index contributed by atoms with van der Waals surface area (Å²) in [5.74, 6) is 0.813. The molecule has 2 aromatic carbocycles. The van der Waals surface area contributed by atoms with E-state index in [-0.39, 0.29) is 23.1 Å². The molecule has 0 saturated carbocycles. The van der Waals surface area contributed by atoms with E-state index in [0.29, 0.717) is 28.5 Å². The summed E-state index contributed by atoms with van der Waals surface area (Å²) in [6, 6.07) is 22.5. The number of thiol groups is 1. The maximum atomic E-state index is 14.3.